The predicted octanol–water partition coefficient (Wildman–Crippen LogP) is 1.23. The molecule has 0 bridgehead atoms. The topological polar surface area (TPSA) is 73.1 Å². The lowest BCUT2D eigenvalue weighted by Crippen LogP contribution is -2.41. The quantitative estimate of drug-likeness (QED) is 0.848. The minimum absolute atomic E-state index is 0.0351. The standard InChI is InChI=1S/C16H21N5O2/c1-20-15(5-6-18-20)14-9-17-8-13(19-14)12-4-3-7-21(10-12)16(22)11-23-2/h5-6,8-9,12H,3-4,7,10-11H2,1-2H3/t12-/m1/s1. The third kappa shape index (κ3) is 3.39. The maximum Gasteiger partial charge on any atom is 0.248 e. The SMILES string of the molecule is COCC(=O)N1CCC[C@@H](c2cncc(-c3ccnn3C)n2)C1. The number of nitrogens with zero attached hydrogens (tertiary/aromatic N) is 5. The number of carbonyl (C=O) groups excluding carboxylic acids is 1. The van der Waals surface area contributed by atoms with E-state index in [1.54, 1.807) is 30.4 Å². The summed E-state index contributed by atoms with van der Waals surface area (Å²) in [6, 6.07) is 1.92. The fourth-order valence-electron chi connectivity index (χ4n) is 2.99. The fourth-order valence-corrected chi connectivity index (χ4v) is 2.99. The molecule has 1 atom stereocenters. The van der Waals surface area contributed by atoms with E-state index in [-0.39, 0.29) is 18.4 Å². The first-order chi connectivity index (χ1) is 11.2. The molecule has 23 heavy (non-hydrogen) atoms. The van der Waals surface area contributed by atoms with Crippen molar-refractivity contribution in [3.8, 4) is 11.4 Å². The third-order valence-corrected chi connectivity index (χ3v) is 4.20. The highest BCUT2D eigenvalue weighted by atomic mass is 16.5. The summed E-state index contributed by atoms with van der Waals surface area (Å²) in [4.78, 5) is 23.0. The van der Waals surface area contributed by atoms with E-state index in [9.17, 15) is 4.79 Å². The molecular weight excluding hydrogens is 294 g/mol. The van der Waals surface area contributed by atoms with E-state index in [0.29, 0.717) is 6.54 Å². The first-order valence-corrected chi connectivity index (χ1v) is 7.76. The lowest BCUT2D eigenvalue weighted by Gasteiger charge is -2.32. The van der Waals surface area contributed by atoms with E-state index < -0.39 is 0 Å². The molecule has 0 radical (unpaired) electrons. The number of ether oxygens (including phenoxy) is 1. The fraction of sp³-hybridized carbons (Fsp3) is 0.500. The molecule has 0 aromatic carbocycles. The number of aromatic nitrogens is 4. The monoisotopic (exact) mass is 315 g/mol. The molecule has 0 N–H and O–H groups in total. The predicted molar refractivity (Wildman–Crippen MR) is 84.7 cm³/mol. The second-order valence-electron chi connectivity index (χ2n) is 5.78. The summed E-state index contributed by atoms with van der Waals surface area (Å²) >= 11 is 0. The van der Waals surface area contributed by atoms with Gasteiger partial charge in [0.15, 0.2) is 0 Å². The zero-order valence-electron chi connectivity index (χ0n) is 13.5. The Bertz CT molecular complexity index is 685. The first kappa shape index (κ1) is 15.6. The van der Waals surface area contributed by atoms with Crippen LogP contribution in [0.15, 0.2) is 24.7 Å². The molecule has 3 heterocycles. The van der Waals surface area contributed by atoms with Gasteiger partial charge in [-0.05, 0) is 18.9 Å². The van der Waals surface area contributed by atoms with Crippen molar-refractivity contribution in [1.29, 1.82) is 0 Å². The van der Waals surface area contributed by atoms with Gasteiger partial charge >= 0.3 is 0 Å². The minimum Gasteiger partial charge on any atom is -0.375 e. The Balaban J connectivity index is 1.79. The smallest absolute Gasteiger partial charge is 0.248 e. The molecule has 1 fully saturated rings. The number of likely N-dealkylation sites (tertiary alicyclic amines) is 1. The van der Waals surface area contributed by atoms with Gasteiger partial charge in [0.1, 0.15) is 12.3 Å². The number of carbonyl (C=O) groups is 1. The second-order valence-corrected chi connectivity index (χ2v) is 5.78. The van der Waals surface area contributed by atoms with Crippen molar-refractivity contribution in [1.82, 2.24) is 24.6 Å². The van der Waals surface area contributed by atoms with E-state index in [1.807, 2.05) is 18.0 Å². The molecule has 1 saturated heterocycles. The maximum atomic E-state index is 12.0. The number of aryl methyl sites for hydroxylation is 1. The number of piperidine rings is 1. The van der Waals surface area contributed by atoms with E-state index in [1.165, 1.54) is 0 Å². The third-order valence-electron chi connectivity index (χ3n) is 4.20. The Morgan fingerprint density at radius 2 is 2.30 bits per heavy atom. The molecule has 3 rings (SSSR count). The summed E-state index contributed by atoms with van der Waals surface area (Å²) in [6.07, 6.45) is 7.28. The van der Waals surface area contributed by atoms with Gasteiger partial charge in [0.25, 0.3) is 0 Å². The van der Waals surface area contributed by atoms with Gasteiger partial charge in [0.05, 0.1) is 17.6 Å². The second kappa shape index (κ2) is 6.87. The molecule has 1 aliphatic heterocycles. The van der Waals surface area contributed by atoms with Crippen LogP contribution in [0.25, 0.3) is 11.4 Å². The zero-order valence-corrected chi connectivity index (χ0v) is 13.5. The maximum absolute atomic E-state index is 12.0. The molecule has 0 aliphatic carbocycles. The van der Waals surface area contributed by atoms with Crippen LogP contribution < -0.4 is 0 Å². The highest BCUT2D eigenvalue weighted by molar-refractivity contribution is 5.77. The normalized spacial score (nSPS) is 18.2. The zero-order chi connectivity index (χ0) is 16.2. The summed E-state index contributed by atoms with van der Waals surface area (Å²) in [5.74, 6) is 0.248. The largest absolute Gasteiger partial charge is 0.375 e. The molecule has 1 amide bonds. The lowest BCUT2D eigenvalue weighted by atomic mass is 9.95. The van der Waals surface area contributed by atoms with Gasteiger partial charge in [-0.25, -0.2) is 4.98 Å². The molecule has 7 heteroatoms. The van der Waals surface area contributed by atoms with Crippen molar-refractivity contribution in [2.24, 2.45) is 7.05 Å². The van der Waals surface area contributed by atoms with Crippen molar-refractivity contribution >= 4 is 5.91 Å². The van der Waals surface area contributed by atoms with Crippen LogP contribution in [0.3, 0.4) is 0 Å². The van der Waals surface area contributed by atoms with E-state index in [2.05, 4.69) is 10.1 Å². The summed E-state index contributed by atoms with van der Waals surface area (Å²) in [7, 11) is 3.43. The average molecular weight is 315 g/mol. The van der Waals surface area contributed by atoms with Gasteiger partial charge in [0.2, 0.25) is 5.91 Å². The highest BCUT2D eigenvalue weighted by Crippen LogP contribution is 2.26. The molecule has 122 valence electrons. The van der Waals surface area contributed by atoms with Crippen LogP contribution in [0.1, 0.15) is 24.5 Å². The van der Waals surface area contributed by atoms with Crippen LogP contribution in [0.4, 0.5) is 0 Å². The van der Waals surface area contributed by atoms with Crippen LogP contribution in [-0.4, -0.2) is 57.4 Å². The van der Waals surface area contributed by atoms with E-state index >= 15 is 0 Å². The van der Waals surface area contributed by atoms with E-state index in [4.69, 9.17) is 9.72 Å². The lowest BCUT2D eigenvalue weighted by molar-refractivity contribution is -0.136. The van der Waals surface area contributed by atoms with E-state index in [0.717, 1.165) is 36.5 Å². The number of amides is 1. The molecule has 0 unspecified atom stereocenters. The van der Waals surface area contributed by atoms with Crippen molar-refractivity contribution in [3.63, 3.8) is 0 Å². The summed E-state index contributed by atoms with van der Waals surface area (Å²) < 4.78 is 6.73. The Labute approximate surface area is 135 Å². The highest BCUT2D eigenvalue weighted by Gasteiger charge is 2.26. The van der Waals surface area contributed by atoms with Crippen LogP contribution >= 0.6 is 0 Å². The Kier molecular flexibility index (Phi) is 4.66. The minimum atomic E-state index is 0.0351. The molecule has 2 aromatic rings. The van der Waals surface area contributed by atoms with Gasteiger partial charge in [0, 0.05) is 45.6 Å². The van der Waals surface area contributed by atoms with Crippen LogP contribution in [0.2, 0.25) is 0 Å². The molecule has 0 saturated carbocycles. The number of hydrogen-bond acceptors (Lipinski definition) is 5. The number of rotatable bonds is 4. The number of methoxy groups -OCH3 is 1. The van der Waals surface area contributed by atoms with Crippen molar-refractivity contribution in [2.45, 2.75) is 18.8 Å². The van der Waals surface area contributed by atoms with Crippen molar-refractivity contribution in [3.05, 3.63) is 30.4 Å². The van der Waals surface area contributed by atoms with Crippen molar-refractivity contribution < 1.29 is 9.53 Å². The summed E-state index contributed by atoms with van der Waals surface area (Å²) in [6.45, 7) is 1.59. The Hall–Kier alpha value is -2.28. The van der Waals surface area contributed by atoms with Crippen LogP contribution in [0, 0.1) is 0 Å². The van der Waals surface area contributed by atoms with Gasteiger partial charge in [-0.15, -0.1) is 0 Å². The summed E-state index contributed by atoms with van der Waals surface area (Å²) in [5.41, 5.74) is 2.67. The first-order valence-electron chi connectivity index (χ1n) is 7.76. The Morgan fingerprint density at radius 1 is 1.43 bits per heavy atom. The molecule has 2 aromatic heterocycles. The molecule has 1 aliphatic rings. The van der Waals surface area contributed by atoms with Crippen LogP contribution in [0.5, 0.6) is 0 Å². The van der Waals surface area contributed by atoms with Gasteiger partial charge in [-0.2, -0.15) is 5.10 Å². The van der Waals surface area contributed by atoms with Gasteiger partial charge in [-0.1, -0.05) is 0 Å². The van der Waals surface area contributed by atoms with Crippen LogP contribution in [-0.2, 0) is 16.6 Å². The average Bonchev–Trinajstić information content (AvgIpc) is 3.01. The molecule has 0 spiro atoms. The Morgan fingerprint density at radius 3 is 3.04 bits per heavy atom. The van der Waals surface area contributed by atoms with Crippen molar-refractivity contribution in [2.75, 3.05) is 26.8 Å². The van der Waals surface area contributed by atoms with Gasteiger partial charge < -0.3 is 9.64 Å². The van der Waals surface area contributed by atoms with Gasteiger partial charge in [-0.3, -0.25) is 14.5 Å². The number of hydrogen-bond donors (Lipinski definition) is 0. The molecular formula is C16H21N5O2. The summed E-state index contributed by atoms with van der Waals surface area (Å²) in [5, 5.41) is 4.17. The molecule has 7 nitrogen and oxygen atoms in total.